The fourth-order valence-electron chi connectivity index (χ4n) is 2.13. The minimum Gasteiger partial charge on any atom is -0.340 e. The highest BCUT2D eigenvalue weighted by Crippen LogP contribution is 2.16. The van der Waals surface area contributed by atoms with E-state index in [0.29, 0.717) is 19.5 Å². The van der Waals surface area contributed by atoms with Crippen LogP contribution in [0.2, 0.25) is 0 Å². The third-order valence-electron chi connectivity index (χ3n) is 2.90. The Morgan fingerprint density at radius 2 is 2.29 bits per heavy atom. The van der Waals surface area contributed by atoms with Gasteiger partial charge >= 0.3 is 0 Å². The molecule has 6 nitrogen and oxygen atoms in total. The van der Waals surface area contributed by atoms with Crippen LogP contribution in [0.1, 0.15) is 6.42 Å². The Morgan fingerprint density at radius 1 is 1.53 bits per heavy atom. The summed E-state index contributed by atoms with van der Waals surface area (Å²) in [6.45, 7) is 1.11. The monoisotopic (exact) mass is 279 g/mol. The molecule has 1 amide bonds. The topological polar surface area (TPSA) is 78.5 Å². The highest BCUT2D eigenvalue weighted by Gasteiger charge is 2.33. The maximum atomic E-state index is 12.0. The maximum Gasteiger partial charge on any atom is 0.240 e. The molecule has 2 heterocycles. The van der Waals surface area contributed by atoms with Crippen molar-refractivity contribution in [2.75, 3.05) is 31.0 Å². The predicted molar refractivity (Wildman–Crippen MR) is 67.2 cm³/mol. The number of sulfonamides is 1. The van der Waals surface area contributed by atoms with Gasteiger partial charge in [0.05, 0.1) is 12.3 Å². The minimum absolute atomic E-state index is 0.0906. The zero-order chi connectivity index (χ0) is 12.5. The number of likely N-dealkylation sites (tertiary alicyclic amines) is 1. The number of amides is 1. The summed E-state index contributed by atoms with van der Waals surface area (Å²) in [5.74, 6) is 1.71. The average Bonchev–Trinajstić information content (AvgIpc) is 2.83. The molecular weight excluding hydrogens is 262 g/mol. The molecule has 0 unspecified atom stereocenters. The van der Waals surface area contributed by atoms with Crippen LogP contribution in [-0.4, -0.2) is 62.3 Å². The summed E-state index contributed by atoms with van der Waals surface area (Å²) in [5.41, 5.74) is 0. The second kappa shape index (κ2) is 5.13. The summed E-state index contributed by atoms with van der Waals surface area (Å²) < 4.78 is 24.7. The largest absolute Gasteiger partial charge is 0.340 e. The second-order valence-corrected chi connectivity index (χ2v) is 7.24. The van der Waals surface area contributed by atoms with Crippen molar-refractivity contribution in [1.29, 1.82) is 0 Å². The van der Waals surface area contributed by atoms with Crippen LogP contribution >= 0.6 is 11.8 Å². The Morgan fingerprint density at radius 3 is 2.88 bits per heavy atom. The third-order valence-corrected chi connectivity index (χ3v) is 4.60. The molecule has 2 aliphatic heterocycles. The normalized spacial score (nSPS) is 29.8. The van der Waals surface area contributed by atoms with Gasteiger partial charge in [-0.25, -0.2) is 13.1 Å². The molecule has 0 aromatic heterocycles. The number of nitrogens with zero attached hydrogens (tertiary/aromatic N) is 1. The summed E-state index contributed by atoms with van der Waals surface area (Å²) in [7, 11) is -3.18. The first-order valence-electron chi connectivity index (χ1n) is 5.53. The molecule has 2 fully saturated rings. The maximum absolute atomic E-state index is 12.0. The smallest absolute Gasteiger partial charge is 0.240 e. The van der Waals surface area contributed by atoms with E-state index in [1.807, 2.05) is 0 Å². The predicted octanol–water partition coefficient (Wildman–Crippen LogP) is -1.20. The van der Waals surface area contributed by atoms with Gasteiger partial charge in [0.25, 0.3) is 0 Å². The highest BCUT2D eigenvalue weighted by atomic mass is 32.2. The molecule has 2 atom stereocenters. The van der Waals surface area contributed by atoms with Gasteiger partial charge in [-0.1, -0.05) is 0 Å². The lowest BCUT2D eigenvalue weighted by atomic mass is 10.3. The number of thioether (sulfide) groups is 1. The molecule has 0 bridgehead atoms. The molecule has 2 N–H and O–H groups in total. The Labute approximate surface area is 106 Å². The molecule has 0 spiro atoms. The van der Waals surface area contributed by atoms with Crippen molar-refractivity contribution in [2.45, 2.75) is 18.5 Å². The van der Waals surface area contributed by atoms with E-state index >= 15 is 0 Å². The Bertz CT molecular complexity index is 392. The van der Waals surface area contributed by atoms with E-state index in [9.17, 15) is 13.2 Å². The molecule has 2 aliphatic rings. The fourth-order valence-corrected chi connectivity index (χ4v) is 3.86. The summed E-state index contributed by atoms with van der Waals surface area (Å²) in [5, 5.41) is 3.13. The molecule has 0 aromatic rings. The van der Waals surface area contributed by atoms with Gasteiger partial charge in [-0.05, 0) is 6.42 Å². The van der Waals surface area contributed by atoms with E-state index in [0.717, 1.165) is 17.9 Å². The first kappa shape index (κ1) is 13.1. The average molecular weight is 279 g/mol. The lowest BCUT2D eigenvalue weighted by Crippen LogP contribution is -2.45. The van der Waals surface area contributed by atoms with Gasteiger partial charge in [0, 0.05) is 30.8 Å². The van der Waals surface area contributed by atoms with Crippen molar-refractivity contribution in [1.82, 2.24) is 14.9 Å². The molecule has 8 heteroatoms. The second-order valence-electron chi connectivity index (χ2n) is 4.43. The number of hydrogen-bond donors (Lipinski definition) is 2. The molecule has 0 saturated carbocycles. The highest BCUT2D eigenvalue weighted by molar-refractivity contribution is 7.99. The number of hydrogen-bond acceptors (Lipinski definition) is 5. The Balaban J connectivity index is 1.87. The van der Waals surface area contributed by atoms with E-state index in [1.165, 1.54) is 0 Å². The molecule has 0 radical (unpaired) electrons. The van der Waals surface area contributed by atoms with E-state index < -0.39 is 10.0 Å². The van der Waals surface area contributed by atoms with Crippen LogP contribution in [0.3, 0.4) is 0 Å². The first-order valence-corrected chi connectivity index (χ1v) is 8.57. The van der Waals surface area contributed by atoms with Gasteiger partial charge in [-0.15, -0.1) is 11.8 Å². The quantitative estimate of drug-likeness (QED) is 0.678. The molecule has 0 aliphatic carbocycles. The van der Waals surface area contributed by atoms with E-state index in [4.69, 9.17) is 0 Å². The molecular formula is C9H17N3O3S2. The summed E-state index contributed by atoms with van der Waals surface area (Å²) >= 11 is 1.71. The molecule has 17 heavy (non-hydrogen) atoms. The first-order chi connectivity index (χ1) is 7.96. The third kappa shape index (κ3) is 3.57. The van der Waals surface area contributed by atoms with E-state index in [2.05, 4.69) is 10.0 Å². The van der Waals surface area contributed by atoms with Crippen molar-refractivity contribution >= 4 is 27.7 Å². The van der Waals surface area contributed by atoms with E-state index in [-0.39, 0.29) is 18.0 Å². The minimum atomic E-state index is -3.18. The zero-order valence-corrected chi connectivity index (χ0v) is 11.3. The van der Waals surface area contributed by atoms with Crippen LogP contribution in [0, 0.1) is 0 Å². The number of carbonyl (C=O) groups is 1. The van der Waals surface area contributed by atoms with Crippen LogP contribution < -0.4 is 10.0 Å². The van der Waals surface area contributed by atoms with Crippen LogP contribution in [0.25, 0.3) is 0 Å². The standard InChI is InChI=1S/C9H17N3O3S2/c1-17(14,15)11-7-2-3-12(4-7)9(13)8-5-16-6-10-8/h7-8,10-11H,2-6H2,1H3/t7-,8+/m0/s1. The number of rotatable bonds is 3. The van der Waals surface area contributed by atoms with Crippen molar-refractivity contribution in [3.05, 3.63) is 0 Å². The van der Waals surface area contributed by atoms with Gasteiger partial charge in [-0.3, -0.25) is 10.1 Å². The van der Waals surface area contributed by atoms with Gasteiger partial charge < -0.3 is 4.90 Å². The van der Waals surface area contributed by atoms with Gasteiger partial charge in [-0.2, -0.15) is 0 Å². The van der Waals surface area contributed by atoms with Crippen LogP contribution in [-0.2, 0) is 14.8 Å². The molecule has 2 rings (SSSR count). The Kier molecular flexibility index (Phi) is 3.96. The lowest BCUT2D eigenvalue weighted by molar-refractivity contribution is -0.131. The lowest BCUT2D eigenvalue weighted by Gasteiger charge is -2.20. The molecule has 2 saturated heterocycles. The summed E-state index contributed by atoms with van der Waals surface area (Å²) in [6, 6.07) is -0.236. The van der Waals surface area contributed by atoms with Crippen LogP contribution in [0.5, 0.6) is 0 Å². The van der Waals surface area contributed by atoms with Crippen LogP contribution in [0.15, 0.2) is 0 Å². The van der Waals surface area contributed by atoms with Gasteiger partial charge in [0.1, 0.15) is 0 Å². The molecule has 0 aromatic carbocycles. The van der Waals surface area contributed by atoms with Crippen molar-refractivity contribution in [3.63, 3.8) is 0 Å². The van der Waals surface area contributed by atoms with Crippen molar-refractivity contribution < 1.29 is 13.2 Å². The van der Waals surface area contributed by atoms with Crippen LogP contribution in [0.4, 0.5) is 0 Å². The van der Waals surface area contributed by atoms with Crippen molar-refractivity contribution in [3.8, 4) is 0 Å². The number of carbonyl (C=O) groups excluding carboxylic acids is 1. The van der Waals surface area contributed by atoms with Crippen molar-refractivity contribution in [2.24, 2.45) is 0 Å². The Hall–Kier alpha value is -0.310. The van der Waals surface area contributed by atoms with Gasteiger partial charge in [0.2, 0.25) is 15.9 Å². The van der Waals surface area contributed by atoms with E-state index in [1.54, 1.807) is 16.7 Å². The summed E-state index contributed by atoms with van der Waals surface area (Å²) in [4.78, 5) is 13.8. The zero-order valence-electron chi connectivity index (χ0n) is 9.68. The molecule has 98 valence electrons. The number of nitrogens with one attached hydrogen (secondary N) is 2. The van der Waals surface area contributed by atoms with Gasteiger partial charge in [0.15, 0.2) is 0 Å². The fraction of sp³-hybridized carbons (Fsp3) is 0.889. The SMILES string of the molecule is CS(=O)(=O)N[C@H]1CCN(C(=O)[C@H]2CSCN2)C1. The summed E-state index contributed by atoms with van der Waals surface area (Å²) in [6.07, 6.45) is 1.84.